The van der Waals surface area contributed by atoms with E-state index in [1.807, 2.05) is 0 Å². The lowest BCUT2D eigenvalue weighted by Crippen LogP contribution is -2.26. The SMILES string of the molecule is C=C(CNC(C)C)COc1c(Br)cc([N+](=O)[O-])cc1Br. The van der Waals surface area contributed by atoms with Crippen molar-refractivity contribution < 1.29 is 9.66 Å². The summed E-state index contributed by atoms with van der Waals surface area (Å²) in [6.07, 6.45) is 0. The number of halogens is 2. The molecule has 0 amide bonds. The topological polar surface area (TPSA) is 64.4 Å². The largest absolute Gasteiger partial charge is 0.487 e. The number of benzene rings is 1. The molecule has 1 N–H and O–H groups in total. The van der Waals surface area contributed by atoms with E-state index in [-0.39, 0.29) is 5.69 Å². The van der Waals surface area contributed by atoms with Gasteiger partial charge in [0.05, 0.1) is 13.9 Å². The summed E-state index contributed by atoms with van der Waals surface area (Å²) in [4.78, 5) is 10.3. The third-order valence-corrected chi connectivity index (χ3v) is 3.55. The van der Waals surface area contributed by atoms with E-state index in [1.54, 1.807) is 0 Å². The maximum absolute atomic E-state index is 10.7. The molecule has 0 spiro atoms. The minimum absolute atomic E-state index is 0.00333. The molecule has 0 heterocycles. The molecule has 1 aromatic carbocycles. The molecule has 0 bridgehead atoms. The molecule has 0 aliphatic carbocycles. The van der Waals surface area contributed by atoms with Gasteiger partial charge in [-0.3, -0.25) is 10.1 Å². The van der Waals surface area contributed by atoms with Crippen LogP contribution >= 0.6 is 31.9 Å². The average molecular weight is 408 g/mol. The third-order valence-electron chi connectivity index (χ3n) is 2.37. The molecule has 0 radical (unpaired) electrons. The fourth-order valence-corrected chi connectivity index (χ4v) is 2.75. The third kappa shape index (κ3) is 5.22. The number of ether oxygens (including phenoxy) is 1. The monoisotopic (exact) mass is 406 g/mol. The zero-order chi connectivity index (χ0) is 15.3. The molecule has 1 rings (SSSR count). The van der Waals surface area contributed by atoms with E-state index in [2.05, 4.69) is 57.6 Å². The van der Waals surface area contributed by atoms with Gasteiger partial charge in [0.1, 0.15) is 12.4 Å². The zero-order valence-electron chi connectivity index (χ0n) is 11.3. The maximum Gasteiger partial charge on any atom is 0.271 e. The van der Waals surface area contributed by atoms with Gasteiger partial charge < -0.3 is 10.1 Å². The van der Waals surface area contributed by atoms with Gasteiger partial charge in [-0.05, 0) is 37.4 Å². The Morgan fingerprint density at radius 3 is 2.45 bits per heavy atom. The highest BCUT2D eigenvalue weighted by Gasteiger charge is 2.15. The van der Waals surface area contributed by atoms with Crippen LogP contribution in [0.25, 0.3) is 0 Å². The first-order valence-electron chi connectivity index (χ1n) is 5.97. The second kappa shape index (κ2) is 7.75. The van der Waals surface area contributed by atoms with Gasteiger partial charge in [0.2, 0.25) is 0 Å². The van der Waals surface area contributed by atoms with Crippen molar-refractivity contribution >= 4 is 37.5 Å². The van der Waals surface area contributed by atoms with Crippen LogP contribution in [-0.4, -0.2) is 24.1 Å². The lowest BCUT2D eigenvalue weighted by Gasteiger charge is -2.13. The zero-order valence-corrected chi connectivity index (χ0v) is 14.5. The number of nitrogens with one attached hydrogen (secondary N) is 1. The van der Waals surface area contributed by atoms with Crippen molar-refractivity contribution in [2.45, 2.75) is 19.9 Å². The van der Waals surface area contributed by atoms with Gasteiger partial charge in [0, 0.05) is 24.7 Å². The molecule has 0 unspecified atom stereocenters. The summed E-state index contributed by atoms with van der Waals surface area (Å²) in [5, 5.41) is 14.0. The highest BCUT2D eigenvalue weighted by molar-refractivity contribution is 9.11. The molecule has 0 aliphatic rings. The van der Waals surface area contributed by atoms with Crippen molar-refractivity contribution in [2.75, 3.05) is 13.2 Å². The molecule has 1 aromatic rings. The molecule has 0 aromatic heterocycles. The lowest BCUT2D eigenvalue weighted by molar-refractivity contribution is -0.385. The molecule has 0 saturated heterocycles. The van der Waals surface area contributed by atoms with E-state index in [1.165, 1.54) is 12.1 Å². The molecule has 0 aliphatic heterocycles. The van der Waals surface area contributed by atoms with Gasteiger partial charge in [-0.2, -0.15) is 0 Å². The Labute approximate surface area is 134 Å². The average Bonchev–Trinajstić information content (AvgIpc) is 2.34. The van der Waals surface area contributed by atoms with Crippen molar-refractivity contribution in [3.05, 3.63) is 43.3 Å². The minimum atomic E-state index is -0.454. The molecule has 0 atom stereocenters. The number of hydrogen-bond donors (Lipinski definition) is 1. The van der Waals surface area contributed by atoms with Crippen LogP contribution < -0.4 is 10.1 Å². The van der Waals surface area contributed by atoms with Crippen molar-refractivity contribution in [3.8, 4) is 5.75 Å². The highest BCUT2D eigenvalue weighted by Crippen LogP contribution is 2.37. The Hall–Kier alpha value is -0.920. The summed E-state index contributed by atoms with van der Waals surface area (Å²) in [7, 11) is 0. The summed E-state index contributed by atoms with van der Waals surface area (Å²) in [5.41, 5.74) is 0.896. The van der Waals surface area contributed by atoms with E-state index in [0.29, 0.717) is 33.9 Å². The van der Waals surface area contributed by atoms with E-state index in [4.69, 9.17) is 4.74 Å². The van der Waals surface area contributed by atoms with Gasteiger partial charge in [-0.1, -0.05) is 20.4 Å². The van der Waals surface area contributed by atoms with E-state index >= 15 is 0 Å². The van der Waals surface area contributed by atoms with E-state index in [9.17, 15) is 10.1 Å². The molecule has 5 nitrogen and oxygen atoms in total. The van der Waals surface area contributed by atoms with Gasteiger partial charge in [0.25, 0.3) is 5.69 Å². The van der Waals surface area contributed by atoms with Crippen molar-refractivity contribution in [3.63, 3.8) is 0 Å². The minimum Gasteiger partial charge on any atom is -0.487 e. The summed E-state index contributed by atoms with van der Waals surface area (Å²) in [6, 6.07) is 3.20. The lowest BCUT2D eigenvalue weighted by atomic mass is 10.3. The molecule has 0 saturated carbocycles. The molecule has 7 heteroatoms. The first-order valence-corrected chi connectivity index (χ1v) is 7.56. The Kier molecular flexibility index (Phi) is 6.64. The van der Waals surface area contributed by atoms with Crippen LogP contribution in [0, 0.1) is 10.1 Å². The van der Waals surface area contributed by atoms with Crippen LogP contribution in [0.1, 0.15) is 13.8 Å². The fraction of sp³-hybridized carbons (Fsp3) is 0.385. The molecule has 110 valence electrons. The number of nitro benzene ring substituents is 1. The van der Waals surface area contributed by atoms with Gasteiger partial charge in [-0.25, -0.2) is 0 Å². The van der Waals surface area contributed by atoms with Crippen molar-refractivity contribution in [1.29, 1.82) is 0 Å². The smallest absolute Gasteiger partial charge is 0.271 e. The number of hydrogen-bond acceptors (Lipinski definition) is 4. The first-order chi connectivity index (χ1) is 9.31. The number of rotatable bonds is 7. The van der Waals surface area contributed by atoms with Crippen LogP contribution in [0.4, 0.5) is 5.69 Å². The normalized spacial score (nSPS) is 10.7. The van der Waals surface area contributed by atoms with Crippen LogP contribution in [-0.2, 0) is 0 Å². The predicted molar refractivity (Wildman–Crippen MR) is 86.3 cm³/mol. The molecular weight excluding hydrogens is 392 g/mol. The second-order valence-electron chi connectivity index (χ2n) is 4.57. The molecule has 20 heavy (non-hydrogen) atoms. The first kappa shape index (κ1) is 17.1. The Balaban J connectivity index is 2.69. The number of nitrogens with zero attached hydrogens (tertiary/aromatic N) is 1. The Bertz CT molecular complexity index is 495. The Morgan fingerprint density at radius 1 is 1.45 bits per heavy atom. The van der Waals surface area contributed by atoms with E-state index < -0.39 is 4.92 Å². The molecule has 0 fully saturated rings. The summed E-state index contributed by atoms with van der Waals surface area (Å²) >= 11 is 6.55. The maximum atomic E-state index is 10.7. The summed E-state index contributed by atoms with van der Waals surface area (Å²) in [6.45, 7) is 9.04. The van der Waals surface area contributed by atoms with Crippen molar-refractivity contribution in [1.82, 2.24) is 5.32 Å². The van der Waals surface area contributed by atoms with Crippen LogP contribution in [0.2, 0.25) is 0 Å². The van der Waals surface area contributed by atoms with Gasteiger partial charge in [-0.15, -0.1) is 0 Å². The summed E-state index contributed by atoms with van der Waals surface area (Å²) in [5.74, 6) is 0.529. The van der Waals surface area contributed by atoms with Gasteiger partial charge >= 0.3 is 0 Å². The molecular formula is C13H16Br2N2O3. The van der Waals surface area contributed by atoms with Crippen LogP contribution in [0.5, 0.6) is 5.75 Å². The van der Waals surface area contributed by atoms with Crippen LogP contribution in [0.15, 0.2) is 33.2 Å². The standard InChI is InChI=1S/C13H16Br2N2O3/c1-8(2)16-6-9(3)7-20-13-11(14)4-10(17(18)19)5-12(13)15/h4-5,8,16H,3,6-7H2,1-2H3. The highest BCUT2D eigenvalue weighted by atomic mass is 79.9. The fourth-order valence-electron chi connectivity index (χ4n) is 1.36. The quantitative estimate of drug-likeness (QED) is 0.420. The van der Waals surface area contributed by atoms with Crippen molar-refractivity contribution in [2.24, 2.45) is 0 Å². The van der Waals surface area contributed by atoms with E-state index in [0.717, 1.165) is 5.57 Å². The second-order valence-corrected chi connectivity index (χ2v) is 6.28. The Morgan fingerprint density at radius 2 is 2.00 bits per heavy atom. The number of non-ortho nitro benzene ring substituents is 1. The predicted octanol–water partition coefficient (Wildman–Crippen LogP) is 4.05. The summed E-state index contributed by atoms with van der Waals surface area (Å²) < 4.78 is 6.70. The van der Waals surface area contributed by atoms with Crippen LogP contribution in [0.3, 0.4) is 0 Å². The van der Waals surface area contributed by atoms with Gasteiger partial charge in [0.15, 0.2) is 0 Å². The number of nitro groups is 1.